The highest BCUT2D eigenvalue weighted by molar-refractivity contribution is 7.89. The predicted octanol–water partition coefficient (Wildman–Crippen LogP) is 1.18. The average molecular weight is 313 g/mol. The fourth-order valence-corrected chi connectivity index (χ4v) is 2.61. The Balaban J connectivity index is 2.91. The first-order valence-electron chi connectivity index (χ1n) is 6.82. The summed E-state index contributed by atoms with van der Waals surface area (Å²) in [6.45, 7) is 4.81. The molecule has 6 nitrogen and oxygen atoms in total. The van der Waals surface area contributed by atoms with Crippen LogP contribution in [0.2, 0.25) is 0 Å². The van der Waals surface area contributed by atoms with Crippen LogP contribution >= 0.6 is 0 Å². The van der Waals surface area contributed by atoms with E-state index >= 15 is 0 Å². The number of benzene rings is 1. The van der Waals surface area contributed by atoms with E-state index in [1.807, 2.05) is 13.8 Å². The number of hydrogen-bond donors (Lipinski definition) is 2. The van der Waals surface area contributed by atoms with Crippen molar-refractivity contribution in [1.29, 1.82) is 0 Å². The van der Waals surface area contributed by atoms with Gasteiger partial charge in [-0.1, -0.05) is 13.0 Å². The molecule has 0 aromatic heterocycles. The van der Waals surface area contributed by atoms with Crippen LogP contribution in [0.25, 0.3) is 0 Å². The minimum atomic E-state index is -3.51. The topological polar surface area (TPSA) is 78.5 Å². The van der Waals surface area contributed by atoms with Crippen LogP contribution in [0.3, 0.4) is 0 Å². The van der Waals surface area contributed by atoms with Crippen molar-refractivity contribution in [3.63, 3.8) is 0 Å². The summed E-state index contributed by atoms with van der Waals surface area (Å²) in [6, 6.07) is 4.71. The number of rotatable bonds is 7. The van der Waals surface area contributed by atoms with Crippen molar-refractivity contribution >= 4 is 21.6 Å². The number of anilines is 1. The van der Waals surface area contributed by atoms with Gasteiger partial charge in [-0.3, -0.25) is 4.79 Å². The van der Waals surface area contributed by atoms with Gasteiger partial charge >= 0.3 is 0 Å². The molecule has 0 unspecified atom stereocenters. The van der Waals surface area contributed by atoms with Crippen LogP contribution in [0.5, 0.6) is 0 Å². The summed E-state index contributed by atoms with van der Waals surface area (Å²) in [7, 11) is -0.558. The number of carbonyl (C=O) groups excluding carboxylic acids is 1. The largest absolute Gasteiger partial charge is 0.325 e. The molecule has 0 bridgehead atoms. The van der Waals surface area contributed by atoms with Crippen LogP contribution in [0.1, 0.15) is 18.9 Å². The Morgan fingerprint density at radius 2 is 1.95 bits per heavy atom. The van der Waals surface area contributed by atoms with E-state index in [4.69, 9.17) is 0 Å². The third kappa shape index (κ3) is 4.80. The maximum absolute atomic E-state index is 12.1. The van der Waals surface area contributed by atoms with Crippen LogP contribution in [0.15, 0.2) is 23.1 Å². The highest BCUT2D eigenvalue weighted by Crippen LogP contribution is 2.21. The second kappa shape index (κ2) is 7.53. The molecule has 7 heteroatoms. The molecule has 0 aliphatic carbocycles. The van der Waals surface area contributed by atoms with Gasteiger partial charge < -0.3 is 10.6 Å². The van der Waals surface area contributed by atoms with E-state index in [9.17, 15) is 13.2 Å². The highest BCUT2D eigenvalue weighted by atomic mass is 32.2. The Labute approximate surface area is 126 Å². The number of hydrogen-bond acceptors (Lipinski definition) is 4. The minimum Gasteiger partial charge on any atom is -0.325 e. The van der Waals surface area contributed by atoms with Crippen molar-refractivity contribution in [2.45, 2.75) is 25.2 Å². The van der Waals surface area contributed by atoms with Crippen LogP contribution < -0.4 is 10.6 Å². The molecule has 0 saturated heterocycles. The molecule has 1 rings (SSSR count). The molecule has 0 spiro atoms. The molecule has 0 heterocycles. The summed E-state index contributed by atoms with van der Waals surface area (Å²) < 4.78 is 25.3. The first-order chi connectivity index (χ1) is 9.78. The Kier molecular flexibility index (Phi) is 6.32. The molecule has 0 saturated carbocycles. The summed E-state index contributed by atoms with van der Waals surface area (Å²) in [6.07, 6.45) is 0.947. The molecule has 0 aliphatic rings. The molecular formula is C14H23N3O3S. The van der Waals surface area contributed by atoms with Crippen LogP contribution in [0, 0.1) is 6.92 Å². The third-order valence-corrected chi connectivity index (χ3v) is 4.79. The van der Waals surface area contributed by atoms with E-state index in [0.29, 0.717) is 5.69 Å². The third-order valence-electron chi connectivity index (χ3n) is 2.97. The summed E-state index contributed by atoms with van der Waals surface area (Å²) in [5, 5.41) is 5.74. The van der Waals surface area contributed by atoms with Gasteiger partial charge in [0.2, 0.25) is 15.9 Å². The van der Waals surface area contributed by atoms with E-state index in [1.54, 1.807) is 6.07 Å². The maximum Gasteiger partial charge on any atom is 0.242 e. The van der Waals surface area contributed by atoms with Gasteiger partial charge in [0.15, 0.2) is 0 Å². The summed E-state index contributed by atoms with van der Waals surface area (Å²) in [5.41, 5.74) is 1.33. The number of amides is 1. The molecule has 118 valence electrons. The van der Waals surface area contributed by atoms with Crippen LogP contribution in [0.4, 0.5) is 5.69 Å². The van der Waals surface area contributed by atoms with Gasteiger partial charge in [0.1, 0.15) is 0 Å². The highest BCUT2D eigenvalue weighted by Gasteiger charge is 2.18. The van der Waals surface area contributed by atoms with E-state index in [2.05, 4.69) is 10.6 Å². The maximum atomic E-state index is 12.1. The van der Waals surface area contributed by atoms with Gasteiger partial charge in [-0.2, -0.15) is 0 Å². The summed E-state index contributed by atoms with van der Waals surface area (Å²) in [4.78, 5) is 12.0. The van der Waals surface area contributed by atoms with Crippen molar-refractivity contribution in [1.82, 2.24) is 9.62 Å². The molecule has 1 aromatic carbocycles. The van der Waals surface area contributed by atoms with E-state index in [1.165, 1.54) is 26.2 Å². The van der Waals surface area contributed by atoms with Gasteiger partial charge in [-0.25, -0.2) is 12.7 Å². The summed E-state index contributed by atoms with van der Waals surface area (Å²) in [5.74, 6) is -0.189. The number of aryl methyl sites for hydroxylation is 1. The molecule has 0 fully saturated rings. The number of nitrogens with one attached hydrogen (secondary N) is 2. The fourth-order valence-electron chi connectivity index (χ4n) is 1.68. The van der Waals surface area contributed by atoms with Gasteiger partial charge in [-0.05, 0) is 37.6 Å². The molecule has 21 heavy (non-hydrogen) atoms. The lowest BCUT2D eigenvalue weighted by atomic mass is 10.2. The molecule has 0 radical (unpaired) electrons. The first-order valence-corrected chi connectivity index (χ1v) is 8.26. The van der Waals surface area contributed by atoms with E-state index < -0.39 is 10.0 Å². The normalized spacial score (nSPS) is 11.7. The average Bonchev–Trinajstić information content (AvgIpc) is 2.41. The lowest BCUT2D eigenvalue weighted by Crippen LogP contribution is -2.29. The smallest absolute Gasteiger partial charge is 0.242 e. The number of nitrogens with zero attached hydrogens (tertiary/aromatic N) is 1. The molecule has 2 N–H and O–H groups in total. The van der Waals surface area contributed by atoms with Gasteiger partial charge in [0.05, 0.1) is 11.4 Å². The molecule has 1 amide bonds. The second-order valence-corrected chi connectivity index (χ2v) is 7.14. The minimum absolute atomic E-state index is 0.162. The zero-order valence-electron chi connectivity index (χ0n) is 12.9. The Bertz CT molecular complexity index is 597. The predicted molar refractivity (Wildman–Crippen MR) is 83.8 cm³/mol. The van der Waals surface area contributed by atoms with Gasteiger partial charge in [0, 0.05) is 19.8 Å². The SMILES string of the molecule is CCCNCC(=O)Nc1cc(S(=O)(=O)N(C)C)ccc1C. The number of sulfonamides is 1. The zero-order valence-corrected chi connectivity index (χ0v) is 13.8. The van der Waals surface area contributed by atoms with Crippen molar-refractivity contribution < 1.29 is 13.2 Å². The Hall–Kier alpha value is -1.44. The lowest BCUT2D eigenvalue weighted by molar-refractivity contribution is -0.115. The number of carbonyl (C=O) groups is 1. The molecule has 0 aliphatic heterocycles. The van der Waals surface area contributed by atoms with Gasteiger partial charge in [-0.15, -0.1) is 0 Å². The quantitative estimate of drug-likeness (QED) is 0.741. The van der Waals surface area contributed by atoms with Crippen molar-refractivity contribution in [3.05, 3.63) is 23.8 Å². The Morgan fingerprint density at radius 3 is 2.52 bits per heavy atom. The fraction of sp³-hybridized carbons (Fsp3) is 0.500. The van der Waals surface area contributed by atoms with Crippen LogP contribution in [-0.2, 0) is 14.8 Å². The molecule has 0 atom stereocenters. The van der Waals surface area contributed by atoms with E-state index in [-0.39, 0.29) is 17.3 Å². The standard InChI is InChI=1S/C14H23N3O3S/c1-5-8-15-10-14(18)16-13-9-12(7-6-11(13)2)21(19,20)17(3)4/h6-7,9,15H,5,8,10H2,1-4H3,(H,16,18). The molecule has 1 aromatic rings. The second-order valence-electron chi connectivity index (χ2n) is 4.99. The monoisotopic (exact) mass is 313 g/mol. The Morgan fingerprint density at radius 1 is 1.29 bits per heavy atom. The lowest BCUT2D eigenvalue weighted by Gasteiger charge is -2.14. The van der Waals surface area contributed by atoms with Gasteiger partial charge in [0.25, 0.3) is 0 Å². The first kappa shape index (κ1) is 17.6. The van der Waals surface area contributed by atoms with Crippen LogP contribution in [-0.4, -0.2) is 45.8 Å². The van der Waals surface area contributed by atoms with Crippen molar-refractivity contribution in [3.8, 4) is 0 Å². The van der Waals surface area contributed by atoms with E-state index in [0.717, 1.165) is 22.8 Å². The van der Waals surface area contributed by atoms with Crippen molar-refractivity contribution in [2.75, 3.05) is 32.5 Å². The summed E-state index contributed by atoms with van der Waals surface area (Å²) >= 11 is 0. The zero-order chi connectivity index (χ0) is 16.0. The van der Waals surface area contributed by atoms with Crippen molar-refractivity contribution in [2.24, 2.45) is 0 Å². The molecular weight excluding hydrogens is 290 g/mol.